The first-order valence-corrected chi connectivity index (χ1v) is 16.9. The Balaban J connectivity index is 1.33. The van der Waals surface area contributed by atoms with Gasteiger partial charge in [0.05, 0.1) is 50.5 Å². The van der Waals surface area contributed by atoms with Gasteiger partial charge in [0.15, 0.2) is 0 Å². The number of amides is 3. The molecule has 16 heteroatoms. The zero-order valence-corrected chi connectivity index (χ0v) is 29.3. The minimum atomic E-state index is -1.71. The van der Waals surface area contributed by atoms with Crippen LogP contribution in [0.5, 0.6) is 5.75 Å². The van der Waals surface area contributed by atoms with E-state index in [1.54, 1.807) is 39.0 Å². The normalized spacial score (nSPS) is 21.9. The summed E-state index contributed by atoms with van der Waals surface area (Å²) in [6.45, 7) is 7.48. The van der Waals surface area contributed by atoms with Gasteiger partial charge in [0.1, 0.15) is 30.7 Å². The predicted octanol–water partition coefficient (Wildman–Crippen LogP) is 0.124. The van der Waals surface area contributed by atoms with Gasteiger partial charge in [0, 0.05) is 50.3 Å². The number of ether oxygens (including phenoxy) is 5. The number of esters is 1. The Bertz CT molecular complexity index is 1360. The van der Waals surface area contributed by atoms with E-state index in [4.69, 9.17) is 23.7 Å². The Morgan fingerprint density at radius 1 is 0.882 bits per heavy atom. The fourth-order valence-electron chi connectivity index (χ4n) is 5.23. The van der Waals surface area contributed by atoms with E-state index in [1.807, 2.05) is 0 Å². The summed E-state index contributed by atoms with van der Waals surface area (Å²) >= 11 is 0. The van der Waals surface area contributed by atoms with E-state index in [0.29, 0.717) is 51.4 Å². The van der Waals surface area contributed by atoms with Crippen molar-refractivity contribution >= 4 is 29.7 Å². The van der Waals surface area contributed by atoms with Gasteiger partial charge in [0.25, 0.3) is 11.8 Å². The number of carboxylic acids is 1. The molecule has 1 saturated carbocycles. The first kappa shape index (κ1) is 41.5. The molecular formula is C35H50N2O14. The first-order valence-electron chi connectivity index (χ1n) is 16.9. The molecule has 284 valence electrons. The highest BCUT2D eigenvalue weighted by molar-refractivity contribution is 6.13. The van der Waals surface area contributed by atoms with Crippen molar-refractivity contribution in [3.63, 3.8) is 0 Å². The monoisotopic (exact) mass is 722 g/mol. The number of nitrogens with one attached hydrogen (secondary N) is 1. The summed E-state index contributed by atoms with van der Waals surface area (Å²) in [4.78, 5) is 59.9. The fraction of sp³-hybridized carbons (Fsp3) is 0.629. The van der Waals surface area contributed by atoms with Gasteiger partial charge in [-0.3, -0.25) is 28.9 Å². The number of aliphatic hydroxyl groups excluding tert-OH is 3. The average Bonchev–Trinajstić information content (AvgIpc) is 3.40. The maximum Gasteiger partial charge on any atom is 0.311 e. The molecule has 1 fully saturated rings. The van der Waals surface area contributed by atoms with Crippen molar-refractivity contribution in [3.8, 4) is 5.75 Å². The number of carbonyl (C=O) groups is 5. The van der Waals surface area contributed by atoms with Crippen LogP contribution in [0.3, 0.4) is 0 Å². The van der Waals surface area contributed by atoms with Crippen molar-refractivity contribution in [1.82, 2.24) is 10.2 Å². The molecule has 51 heavy (non-hydrogen) atoms. The Hall–Kier alpha value is -3.93. The second kappa shape index (κ2) is 20.2. The molecule has 1 aliphatic heterocycles. The molecule has 0 bridgehead atoms. The van der Waals surface area contributed by atoms with Gasteiger partial charge in [0.2, 0.25) is 5.91 Å². The molecule has 3 amide bonds. The summed E-state index contributed by atoms with van der Waals surface area (Å²) in [7, 11) is 0. The number of hydrogen-bond donors (Lipinski definition) is 5. The number of aryl methyl sites for hydroxylation is 1. The molecule has 0 aromatic heterocycles. The molecule has 3 rings (SSSR count). The third-order valence-corrected chi connectivity index (χ3v) is 8.20. The summed E-state index contributed by atoms with van der Waals surface area (Å²) in [6, 6.07) is 5.23. The van der Waals surface area contributed by atoms with Crippen molar-refractivity contribution in [2.45, 2.75) is 77.5 Å². The van der Waals surface area contributed by atoms with Crippen LogP contribution in [0, 0.1) is 11.3 Å². The fourth-order valence-corrected chi connectivity index (χ4v) is 5.23. The van der Waals surface area contributed by atoms with Crippen LogP contribution in [0.2, 0.25) is 0 Å². The van der Waals surface area contributed by atoms with Crippen molar-refractivity contribution in [2.24, 2.45) is 11.3 Å². The number of rotatable bonds is 21. The molecule has 1 aromatic rings. The standard InChI is InChI=1S/C35H50N2O14/c1-35(2,3)34(46)50-21-23-19-22(6-7-25(23)51-26-20-24(33(44)45)30(41)32(43)31(26)42)5-4-13-47-15-17-49-18-16-48-14-11-36-27(38)10-12-37-28(39)8-9-29(37)40/h6-9,19,24,26,30-32,41-43H,4-5,10-18,20-21H2,1-3H3,(H,36,38)(H,44,45)/t24-,26+,30+,31-,32-/m0/s1. The number of carboxylic acid groups (broad SMARTS) is 1. The maximum absolute atomic E-state index is 12.5. The Morgan fingerprint density at radius 3 is 2.14 bits per heavy atom. The zero-order valence-electron chi connectivity index (χ0n) is 29.3. The molecule has 1 aromatic carbocycles. The molecule has 2 aliphatic rings. The van der Waals surface area contributed by atoms with E-state index in [1.165, 1.54) is 12.2 Å². The van der Waals surface area contributed by atoms with Crippen LogP contribution in [0.15, 0.2) is 30.4 Å². The molecule has 0 unspecified atom stereocenters. The summed E-state index contributed by atoms with van der Waals surface area (Å²) in [5, 5.41) is 43.0. The Morgan fingerprint density at radius 2 is 1.51 bits per heavy atom. The lowest BCUT2D eigenvalue weighted by Gasteiger charge is -2.38. The molecule has 5 N–H and O–H groups in total. The second-order valence-electron chi connectivity index (χ2n) is 13.3. The SMILES string of the molecule is CC(C)(C)C(=O)OCc1cc(CCCOCCOCCOCCNC(=O)CCN2C(=O)C=CC2=O)ccc1O[C@@H]1C[C@H](C(=O)O)[C@@H](O)[C@H](O)[C@H]1O. The molecule has 0 saturated heterocycles. The van der Waals surface area contributed by atoms with Gasteiger partial charge < -0.3 is 49.4 Å². The van der Waals surface area contributed by atoms with E-state index < -0.39 is 59.5 Å². The van der Waals surface area contributed by atoms with Crippen LogP contribution in [-0.2, 0) is 55.9 Å². The van der Waals surface area contributed by atoms with Crippen LogP contribution in [0.4, 0.5) is 0 Å². The van der Waals surface area contributed by atoms with Crippen LogP contribution in [-0.4, -0.2) is 132 Å². The van der Waals surface area contributed by atoms with Crippen LogP contribution >= 0.6 is 0 Å². The molecular weight excluding hydrogens is 672 g/mol. The summed E-state index contributed by atoms with van der Waals surface area (Å²) in [5.41, 5.74) is 0.644. The predicted molar refractivity (Wildman–Crippen MR) is 178 cm³/mol. The van der Waals surface area contributed by atoms with E-state index in [9.17, 15) is 44.4 Å². The average molecular weight is 723 g/mol. The lowest BCUT2D eigenvalue weighted by molar-refractivity contribution is -0.175. The number of carbonyl (C=O) groups excluding carboxylic acids is 4. The van der Waals surface area contributed by atoms with Gasteiger partial charge in [-0.25, -0.2) is 0 Å². The number of hydrogen-bond acceptors (Lipinski definition) is 13. The summed E-state index contributed by atoms with van der Waals surface area (Å²) in [5.74, 6) is -3.97. The van der Waals surface area contributed by atoms with Gasteiger partial charge in [-0.1, -0.05) is 6.07 Å². The Labute approximate surface area is 296 Å². The van der Waals surface area contributed by atoms with E-state index >= 15 is 0 Å². The third kappa shape index (κ3) is 13.3. The van der Waals surface area contributed by atoms with E-state index in [2.05, 4.69) is 5.32 Å². The van der Waals surface area contributed by atoms with Gasteiger partial charge in [-0.05, 0) is 51.3 Å². The highest BCUT2D eigenvalue weighted by Gasteiger charge is 2.47. The number of aliphatic carboxylic acids is 1. The minimum absolute atomic E-state index is 0.0167. The topological polar surface area (TPSA) is 228 Å². The lowest BCUT2D eigenvalue weighted by atomic mass is 9.80. The van der Waals surface area contributed by atoms with Crippen molar-refractivity contribution in [3.05, 3.63) is 41.5 Å². The highest BCUT2D eigenvalue weighted by atomic mass is 16.5. The van der Waals surface area contributed by atoms with Crippen LogP contribution in [0.1, 0.15) is 51.2 Å². The molecule has 16 nitrogen and oxygen atoms in total. The van der Waals surface area contributed by atoms with Gasteiger partial charge in [-0.15, -0.1) is 0 Å². The van der Waals surface area contributed by atoms with Crippen molar-refractivity contribution in [2.75, 3.05) is 52.7 Å². The van der Waals surface area contributed by atoms with E-state index in [0.717, 1.165) is 10.5 Å². The lowest BCUT2D eigenvalue weighted by Crippen LogP contribution is -2.57. The maximum atomic E-state index is 12.5. The van der Waals surface area contributed by atoms with Gasteiger partial charge >= 0.3 is 11.9 Å². The second-order valence-corrected chi connectivity index (χ2v) is 13.3. The molecule has 5 atom stereocenters. The first-order chi connectivity index (χ1) is 24.2. The van der Waals surface area contributed by atoms with Crippen LogP contribution in [0.25, 0.3) is 0 Å². The number of nitrogens with zero attached hydrogens (tertiary/aromatic N) is 1. The van der Waals surface area contributed by atoms with Crippen LogP contribution < -0.4 is 10.1 Å². The van der Waals surface area contributed by atoms with Crippen molar-refractivity contribution in [1.29, 1.82) is 0 Å². The quantitative estimate of drug-likeness (QED) is 0.0646. The minimum Gasteiger partial charge on any atom is -0.487 e. The highest BCUT2D eigenvalue weighted by Crippen LogP contribution is 2.32. The summed E-state index contributed by atoms with van der Waals surface area (Å²) < 4.78 is 28.0. The number of benzene rings is 1. The van der Waals surface area contributed by atoms with Gasteiger partial charge in [-0.2, -0.15) is 0 Å². The smallest absolute Gasteiger partial charge is 0.311 e. The molecule has 0 spiro atoms. The molecule has 0 radical (unpaired) electrons. The van der Waals surface area contributed by atoms with E-state index in [-0.39, 0.29) is 50.8 Å². The molecule has 1 heterocycles. The zero-order chi connectivity index (χ0) is 37.6. The number of imide groups is 1. The third-order valence-electron chi connectivity index (χ3n) is 8.20. The molecule has 1 aliphatic carbocycles. The number of aliphatic hydroxyl groups is 3. The largest absolute Gasteiger partial charge is 0.487 e. The van der Waals surface area contributed by atoms with Crippen molar-refractivity contribution < 1.29 is 68.1 Å². The Kier molecular flexibility index (Phi) is 16.4. The summed E-state index contributed by atoms with van der Waals surface area (Å²) in [6.07, 6.45) is -2.60.